The van der Waals surface area contributed by atoms with E-state index >= 15 is 0 Å². The number of amides is 2. The molecule has 2 amide bonds. The molecule has 4 heterocycles. The van der Waals surface area contributed by atoms with Gasteiger partial charge in [0.25, 0.3) is 11.8 Å². The van der Waals surface area contributed by atoms with Crippen LogP contribution in [0.15, 0.2) is 28.9 Å². The highest BCUT2D eigenvalue weighted by molar-refractivity contribution is 7.17. The molecule has 0 saturated carbocycles. The Hall–Kier alpha value is -3.28. The Morgan fingerprint density at radius 1 is 1.30 bits per heavy atom. The summed E-state index contributed by atoms with van der Waals surface area (Å²) in [6.45, 7) is 6.52. The van der Waals surface area contributed by atoms with E-state index in [9.17, 15) is 22.8 Å². The number of alkyl halides is 3. The van der Waals surface area contributed by atoms with Crippen LogP contribution < -0.4 is 16.4 Å². The average molecular weight is 536 g/mol. The summed E-state index contributed by atoms with van der Waals surface area (Å²) in [5.74, 6) is -0.542. The molecule has 0 aromatic carbocycles. The fourth-order valence-electron chi connectivity index (χ4n) is 5.20. The van der Waals surface area contributed by atoms with Gasteiger partial charge in [-0.1, -0.05) is 20.8 Å². The molecule has 0 fully saturated rings. The van der Waals surface area contributed by atoms with Gasteiger partial charge in [-0.2, -0.15) is 18.3 Å². The van der Waals surface area contributed by atoms with E-state index < -0.39 is 30.1 Å². The fraction of sp³-hybridized carbons (Fsp3) is 0.480. The molecule has 198 valence electrons. The van der Waals surface area contributed by atoms with E-state index in [0.717, 1.165) is 28.0 Å². The predicted molar refractivity (Wildman–Crippen MR) is 133 cm³/mol. The van der Waals surface area contributed by atoms with Crippen LogP contribution in [-0.2, 0) is 12.8 Å². The van der Waals surface area contributed by atoms with Gasteiger partial charge in [0.05, 0.1) is 17.9 Å². The molecular formula is C25H28F3N5O3S. The largest absolute Gasteiger partial charge is 0.467 e. The fourth-order valence-corrected chi connectivity index (χ4v) is 6.53. The Labute approximate surface area is 215 Å². The number of carbonyl (C=O) groups excluding carboxylic acids is 2. The van der Waals surface area contributed by atoms with Crippen LogP contribution in [0.4, 0.5) is 24.0 Å². The SMILES string of the molecule is CC(C)(C)C1CCc2c(sc(NC(=O)c3cc4n(n3)C(C(F)(F)F)CC(c3ccco3)N4)c2C(N)=O)C1. The molecule has 5 rings (SSSR count). The molecule has 8 nitrogen and oxygen atoms in total. The zero-order chi connectivity index (χ0) is 26.7. The first-order chi connectivity index (χ1) is 17.3. The van der Waals surface area contributed by atoms with Gasteiger partial charge in [0.1, 0.15) is 16.6 Å². The third-order valence-electron chi connectivity index (χ3n) is 7.27. The maximum atomic E-state index is 13.9. The van der Waals surface area contributed by atoms with Crippen LogP contribution in [-0.4, -0.2) is 27.8 Å². The highest BCUT2D eigenvalue weighted by atomic mass is 32.1. The molecule has 3 aromatic heterocycles. The molecule has 3 unspecified atom stereocenters. The van der Waals surface area contributed by atoms with Gasteiger partial charge in [-0.3, -0.25) is 9.59 Å². The second-order valence-electron chi connectivity index (χ2n) is 10.7. The van der Waals surface area contributed by atoms with Crippen LogP contribution in [0.3, 0.4) is 0 Å². The van der Waals surface area contributed by atoms with E-state index in [1.807, 2.05) is 0 Å². The number of hydrogen-bond donors (Lipinski definition) is 3. The van der Waals surface area contributed by atoms with Crippen molar-refractivity contribution in [3.8, 4) is 0 Å². The van der Waals surface area contributed by atoms with Crippen molar-refractivity contribution < 1.29 is 27.2 Å². The number of nitrogens with two attached hydrogens (primary N) is 1. The summed E-state index contributed by atoms with van der Waals surface area (Å²) in [6.07, 6.45) is -1.20. The number of carbonyl (C=O) groups is 2. The van der Waals surface area contributed by atoms with Gasteiger partial charge in [0, 0.05) is 17.4 Å². The van der Waals surface area contributed by atoms with E-state index in [1.54, 1.807) is 12.1 Å². The number of nitrogens with one attached hydrogen (secondary N) is 2. The average Bonchev–Trinajstić information content (AvgIpc) is 3.53. The topological polar surface area (TPSA) is 115 Å². The summed E-state index contributed by atoms with van der Waals surface area (Å²) in [5, 5.41) is 9.97. The Morgan fingerprint density at radius 3 is 2.68 bits per heavy atom. The summed E-state index contributed by atoms with van der Waals surface area (Å²) in [4.78, 5) is 26.5. The smallest absolute Gasteiger partial charge is 0.410 e. The number of aromatic nitrogens is 2. The van der Waals surface area contributed by atoms with Crippen LogP contribution in [0.2, 0.25) is 0 Å². The molecule has 0 spiro atoms. The number of furan rings is 1. The molecule has 1 aliphatic carbocycles. The first-order valence-corrected chi connectivity index (χ1v) is 12.9. The summed E-state index contributed by atoms with van der Waals surface area (Å²) in [7, 11) is 0. The van der Waals surface area contributed by atoms with Crippen molar-refractivity contribution in [3.63, 3.8) is 0 Å². The summed E-state index contributed by atoms with van der Waals surface area (Å²) in [6, 6.07) is 1.80. The predicted octanol–water partition coefficient (Wildman–Crippen LogP) is 5.70. The zero-order valence-electron chi connectivity index (χ0n) is 20.6. The third kappa shape index (κ3) is 4.74. The molecule has 0 saturated heterocycles. The second-order valence-corrected chi connectivity index (χ2v) is 11.8. The lowest BCUT2D eigenvalue weighted by atomic mass is 9.72. The van der Waals surface area contributed by atoms with Gasteiger partial charge in [0.2, 0.25) is 0 Å². The van der Waals surface area contributed by atoms with Gasteiger partial charge in [0.15, 0.2) is 11.7 Å². The number of nitrogens with zero attached hydrogens (tertiary/aromatic N) is 2. The number of hydrogen-bond acceptors (Lipinski definition) is 6. The molecule has 37 heavy (non-hydrogen) atoms. The van der Waals surface area contributed by atoms with Crippen LogP contribution >= 0.6 is 11.3 Å². The van der Waals surface area contributed by atoms with E-state index in [0.29, 0.717) is 23.1 Å². The molecule has 0 bridgehead atoms. The maximum Gasteiger partial charge on any atom is 0.410 e. The van der Waals surface area contributed by atoms with Gasteiger partial charge in [-0.25, -0.2) is 4.68 Å². The van der Waals surface area contributed by atoms with Crippen LogP contribution in [0, 0.1) is 11.3 Å². The van der Waals surface area contributed by atoms with Crippen molar-refractivity contribution in [2.45, 2.75) is 64.7 Å². The molecule has 2 aliphatic rings. The number of fused-ring (bicyclic) bond motifs is 2. The van der Waals surface area contributed by atoms with E-state index in [1.165, 1.54) is 23.7 Å². The minimum absolute atomic E-state index is 0.0498. The van der Waals surface area contributed by atoms with Crippen molar-refractivity contribution >= 4 is 34.0 Å². The molecule has 3 aromatic rings. The number of anilines is 2. The third-order valence-corrected chi connectivity index (χ3v) is 8.44. The first kappa shape index (κ1) is 25.4. The minimum Gasteiger partial charge on any atom is -0.467 e. The van der Waals surface area contributed by atoms with Crippen molar-refractivity contribution in [1.29, 1.82) is 0 Å². The monoisotopic (exact) mass is 535 g/mol. The Morgan fingerprint density at radius 2 is 2.05 bits per heavy atom. The molecule has 0 radical (unpaired) electrons. The van der Waals surface area contributed by atoms with Crippen molar-refractivity contribution in [3.05, 3.63) is 51.9 Å². The molecule has 12 heteroatoms. The van der Waals surface area contributed by atoms with Gasteiger partial charge >= 0.3 is 6.18 Å². The lowest BCUT2D eigenvalue weighted by Crippen LogP contribution is -2.35. The maximum absolute atomic E-state index is 13.9. The van der Waals surface area contributed by atoms with Crippen molar-refractivity contribution in [2.75, 3.05) is 10.6 Å². The van der Waals surface area contributed by atoms with Crippen LogP contribution in [0.1, 0.15) is 82.7 Å². The number of thiophene rings is 1. The van der Waals surface area contributed by atoms with Gasteiger partial charge < -0.3 is 20.8 Å². The molecule has 4 N–H and O–H groups in total. The minimum atomic E-state index is -4.59. The Balaban J connectivity index is 1.44. The molecule has 1 aliphatic heterocycles. The highest BCUT2D eigenvalue weighted by Crippen LogP contribution is 2.45. The van der Waals surface area contributed by atoms with E-state index in [2.05, 4.69) is 36.5 Å². The lowest BCUT2D eigenvalue weighted by Gasteiger charge is -2.33. The Kier molecular flexibility index (Phi) is 6.12. The van der Waals surface area contributed by atoms with Gasteiger partial charge in [-0.05, 0) is 48.3 Å². The number of rotatable bonds is 4. The normalized spacial score (nSPS) is 21.6. The quantitative estimate of drug-likeness (QED) is 0.396. The first-order valence-electron chi connectivity index (χ1n) is 12.0. The van der Waals surface area contributed by atoms with Crippen LogP contribution in [0.5, 0.6) is 0 Å². The standard InChI is InChI=1S/C25H28F3N5O3S/c1-24(2,3)12-6-7-13-17(9-12)37-23(20(13)21(29)34)31-22(35)15-11-19-30-14(16-5-4-8-36-16)10-18(25(26,27)28)33(19)32-15/h4-5,8,11-12,14,18,30H,6-7,9-10H2,1-3H3,(H2,29,34)(H,31,35). The van der Waals surface area contributed by atoms with Crippen molar-refractivity contribution in [2.24, 2.45) is 17.1 Å². The van der Waals surface area contributed by atoms with Crippen LogP contribution in [0.25, 0.3) is 0 Å². The second kappa shape index (κ2) is 8.93. The van der Waals surface area contributed by atoms with Gasteiger partial charge in [-0.15, -0.1) is 11.3 Å². The summed E-state index contributed by atoms with van der Waals surface area (Å²) in [5.41, 5.74) is 6.68. The van der Waals surface area contributed by atoms with Crippen molar-refractivity contribution in [1.82, 2.24) is 9.78 Å². The zero-order valence-corrected chi connectivity index (χ0v) is 21.4. The molecular weight excluding hydrogens is 507 g/mol. The van der Waals surface area contributed by atoms with E-state index in [-0.39, 0.29) is 28.9 Å². The Bertz CT molecular complexity index is 1340. The van der Waals surface area contributed by atoms with E-state index in [4.69, 9.17) is 10.2 Å². The molecule has 3 atom stereocenters. The number of primary amides is 1. The number of halogens is 3. The lowest BCUT2D eigenvalue weighted by molar-refractivity contribution is -0.174. The summed E-state index contributed by atoms with van der Waals surface area (Å²) >= 11 is 1.30. The summed E-state index contributed by atoms with van der Waals surface area (Å²) < 4.78 is 47.8. The highest BCUT2D eigenvalue weighted by Gasteiger charge is 2.47.